The van der Waals surface area contributed by atoms with Crippen molar-refractivity contribution in [2.75, 3.05) is 19.6 Å². The van der Waals surface area contributed by atoms with Crippen LogP contribution in [0.25, 0.3) is 0 Å². The van der Waals surface area contributed by atoms with Crippen LogP contribution in [0.1, 0.15) is 72.6 Å². The topological polar surface area (TPSA) is 15.3 Å². The van der Waals surface area contributed by atoms with Crippen LogP contribution in [0, 0.1) is 5.92 Å². The largest absolute Gasteiger partial charge is 0.313 e. The Kier molecular flexibility index (Phi) is 8.72. The zero-order valence-corrected chi connectivity index (χ0v) is 13.8. The summed E-state index contributed by atoms with van der Waals surface area (Å²) in [4.78, 5) is 2.70. The average Bonchev–Trinajstić information content (AvgIpc) is 2.88. The molecular weight excluding hydrogens is 232 g/mol. The van der Waals surface area contributed by atoms with Crippen molar-refractivity contribution in [2.45, 2.75) is 84.7 Å². The van der Waals surface area contributed by atoms with Gasteiger partial charge < -0.3 is 5.32 Å². The maximum Gasteiger partial charge on any atom is 0.0243 e. The van der Waals surface area contributed by atoms with Gasteiger partial charge >= 0.3 is 0 Å². The third kappa shape index (κ3) is 6.76. The van der Waals surface area contributed by atoms with Gasteiger partial charge in [0.25, 0.3) is 0 Å². The van der Waals surface area contributed by atoms with Gasteiger partial charge in [0.05, 0.1) is 0 Å². The van der Waals surface area contributed by atoms with Gasteiger partial charge in [-0.3, -0.25) is 4.90 Å². The van der Waals surface area contributed by atoms with Gasteiger partial charge in [-0.05, 0) is 45.2 Å². The SMILES string of the molecule is CCCCCCC(C)NCC(C(C)C)N1CCCC1. The molecule has 19 heavy (non-hydrogen) atoms. The second-order valence-electron chi connectivity index (χ2n) is 6.71. The van der Waals surface area contributed by atoms with Gasteiger partial charge in [0.15, 0.2) is 0 Å². The Morgan fingerprint density at radius 3 is 2.26 bits per heavy atom. The van der Waals surface area contributed by atoms with Gasteiger partial charge in [-0.15, -0.1) is 0 Å². The molecule has 1 fully saturated rings. The highest BCUT2D eigenvalue weighted by atomic mass is 15.2. The third-order valence-electron chi connectivity index (χ3n) is 4.55. The first-order valence-corrected chi connectivity index (χ1v) is 8.62. The van der Waals surface area contributed by atoms with E-state index in [1.165, 1.54) is 64.6 Å². The molecule has 0 spiro atoms. The van der Waals surface area contributed by atoms with Gasteiger partial charge in [0.1, 0.15) is 0 Å². The Morgan fingerprint density at radius 2 is 1.68 bits per heavy atom. The van der Waals surface area contributed by atoms with Crippen molar-refractivity contribution in [3.05, 3.63) is 0 Å². The molecule has 0 aliphatic carbocycles. The van der Waals surface area contributed by atoms with Crippen molar-refractivity contribution in [2.24, 2.45) is 5.92 Å². The fourth-order valence-corrected chi connectivity index (χ4v) is 3.16. The van der Waals surface area contributed by atoms with Crippen LogP contribution in [0.2, 0.25) is 0 Å². The standard InChI is InChI=1S/C17H36N2/c1-5-6-7-8-11-16(4)18-14-17(15(2)3)19-12-9-10-13-19/h15-18H,5-14H2,1-4H3. The Morgan fingerprint density at radius 1 is 1.00 bits per heavy atom. The van der Waals surface area contributed by atoms with Crippen molar-refractivity contribution in [1.29, 1.82) is 0 Å². The quantitative estimate of drug-likeness (QED) is 0.601. The lowest BCUT2D eigenvalue weighted by atomic mass is 10.0. The summed E-state index contributed by atoms with van der Waals surface area (Å²) in [5.74, 6) is 0.762. The fourth-order valence-electron chi connectivity index (χ4n) is 3.16. The van der Waals surface area contributed by atoms with E-state index < -0.39 is 0 Å². The first kappa shape index (κ1) is 17.0. The van der Waals surface area contributed by atoms with Crippen molar-refractivity contribution >= 4 is 0 Å². The van der Waals surface area contributed by atoms with Crippen molar-refractivity contribution < 1.29 is 0 Å². The molecule has 0 aromatic heterocycles. The van der Waals surface area contributed by atoms with Crippen molar-refractivity contribution in [3.8, 4) is 0 Å². The average molecular weight is 268 g/mol. The van der Waals surface area contributed by atoms with Gasteiger partial charge in [-0.25, -0.2) is 0 Å². The Bertz CT molecular complexity index is 209. The van der Waals surface area contributed by atoms with E-state index >= 15 is 0 Å². The van der Waals surface area contributed by atoms with E-state index in [2.05, 4.69) is 37.9 Å². The number of rotatable bonds is 10. The van der Waals surface area contributed by atoms with Gasteiger partial charge in [0, 0.05) is 18.6 Å². The highest BCUT2D eigenvalue weighted by molar-refractivity contribution is 4.81. The van der Waals surface area contributed by atoms with Crippen LogP contribution in [0.15, 0.2) is 0 Å². The number of unbranched alkanes of at least 4 members (excludes halogenated alkanes) is 3. The van der Waals surface area contributed by atoms with E-state index in [1.807, 2.05) is 0 Å². The van der Waals surface area contributed by atoms with E-state index in [1.54, 1.807) is 0 Å². The molecule has 1 aliphatic heterocycles. The van der Waals surface area contributed by atoms with Crippen LogP contribution in [0.5, 0.6) is 0 Å². The second kappa shape index (κ2) is 9.77. The number of nitrogens with zero attached hydrogens (tertiary/aromatic N) is 1. The summed E-state index contributed by atoms with van der Waals surface area (Å²) >= 11 is 0. The van der Waals surface area contributed by atoms with E-state index in [0.29, 0.717) is 6.04 Å². The number of hydrogen-bond donors (Lipinski definition) is 1. The summed E-state index contributed by atoms with van der Waals surface area (Å²) in [6, 6.07) is 1.42. The number of hydrogen-bond acceptors (Lipinski definition) is 2. The highest BCUT2D eigenvalue weighted by Crippen LogP contribution is 2.17. The first-order valence-electron chi connectivity index (χ1n) is 8.62. The molecule has 114 valence electrons. The Hall–Kier alpha value is -0.0800. The number of likely N-dealkylation sites (tertiary alicyclic amines) is 1. The predicted octanol–water partition coefficient (Wildman–Crippen LogP) is 4.06. The molecule has 1 rings (SSSR count). The predicted molar refractivity (Wildman–Crippen MR) is 85.7 cm³/mol. The molecule has 1 saturated heterocycles. The minimum Gasteiger partial charge on any atom is -0.313 e. The van der Waals surface area contributed by atoms with E-state index in [0.717, 1.165) is 12.0 Å². The molecule has 1 N–H and O–H groups in total. The van der Waals surface area contributed by atoms with Crippen LogP contribution >= 0.6 is 0 Å². The fraction of sp³-hybridized carbons (Fsp3) is 1.00. The molecule has 1 heterocycles. The van der Waals surface area contributed by atoms with Gasteiger partial charge in [0.2, 0.25) is 0 Å². The zero-order chi connectivity index (χ0) is 14.1. The second-order valence-corrected chi connectivity index (χ2v) is 6.71. The molecule has 2 heteroatoms. The lowest BCUT2D eigenvalue weighted by Gasteiger charge is -2.32. The molecule has 1 aliphatic rings. The van der Waals surface area contributed by atoms with Crippen LogP contribution in [-0.2, 0) is 0 Å². The number of nitrogens with one attached hydrogen (secondary N) is 1. The Balaban J connectivity index is 2.19. The summed E-state index contributed by atoms with van der Waals surface area (Å²) in [6.07, 6.45) is 9.66. The molecule has 2 atom stereocenters. The maximum absolute atomic E-state index is 3.78. The first-order chi connectivity index (χ1) is 9.15. The molecule has 2 nitrogen and oxygen atoms in total. The van der Waals surface area contributed by atoms with Crippen LogP contribution in [-0.4, -0.2) is 36.6 Å². The van der Waals surface area contributed by atoms with Gasteiger partial charge in [-0.2, -0.15) is 0 Å². The third-order valence-corrected chi connectivity index (χ3v) is 4.55. The normalized spacial score (nSPS) is 20.1. The molecule has 2 unspecified atom stereocenters. The molecule has 0 bridgehead atoms. The highest BCUT2D eigenvalue weighted by Gasteiger charge is 2.24. The van der Waals surface area contributed by atoms with E-state index in [4.69, 9.17) is 0 Å². The summed E-state index contributed by atoms with van der Waals surface area (Å²) < 4.78 is 0. The summed E-state index contributed by atoms with van der Waals surface area (Å²) in [5, 5.41) is 3.78. The van der Waals surface area contributed by atoms with Crippen LogP contribution in [0.4, 0.5) is 0 Å². The summed E-state index contributed by atoms with van der Waals surface area (Å²) in [5.41, 5.74) is 0. The van der Waals surface area contributed by atoms with Crippen LogP contribution in [0.3, 0.4) is 0 Å². The minimum absolute atomic E-state index is 0.681. The summed E-state index contributed by atoms with van der Waals surface area (Å²) in [7, 11) is 0. The van der Waals surface area contributed by atoms with E-state index in [9.17, 15) is 0 Å². The smallest absolute Gasteiger partial charge is 0.0243 e. The van der Waals surface area contributed by atoms with E-state index in [-0.39, 0.29) is 0 Å². The monoisotopic (exact) mass is 268 g/mol. The molecular formula is C17H36N2. The lowest BCUT2D eigenvalue weighted by Crippen LogP contribution is -2.46. The van der Waals surface area contributed by atoms with Crippen molar-refractivity contribution in [3.63, 3.8) is 0 Å². The minimum atomic E-state index is 0.681. The van der Waals surface area contributed by atoms with Crippen LogP contribution < -0.4 is 5.32 Å². The van der Waals surface area contributed by atoms with Crippen molar-refractivity contribution in [1.82, 2.24) is 10.2 Å². The molecule has 0 aromatic rings. The molecule has 0 amide bonds. The molecule has 0 radical (unpaired) electrons. The summed E-state index contributed by atoms with van der Waals surface area (Å²) in [6.45, 7) is 13.2. The lowest BCUT2D eigenvalue weighted by molar-refractivity contribution is 0.182. The maximum atomic E-state index is 3.78. The molecule has 0 aromatic carbocycles. The Labute approximate surface area is 121 Å². The van der Waals surface area contributed by atoms with Gasteiger partial charge in [-0.1, -0.05) is 46.5 Å². The molecule has 0 saturated carbocycles. The zero-order valence-electron chi connectivity index (χ0n) is 13.8.